The zero-order valence-corrected chi connectivity index (χ0v) is 6.01. The Bertz CT molecular complexity index is 60.2. The van der Waals surface area contributed by atoms with E-state index in [0.717, 1.165) is 0 Å². The predicted octanol–water partition coefficient (Wildman–Crippen LogP) is -1.58. The van der Waals surface area contributed by atoms with E-state index in [0.29, 0.717) is 0 Å². The van der Waals surface area contributed by atoms with Crippen LogP contribution in [0.2, 0.25) is 0 Å². The molecule has 0 amide bonds. The van der Waals surface area contributed by atoms with Crippen LogP contribution < -0.4 is 0 Å². The SMILES string of the molecule is O=P(O)(O)O.[Fe].[Fe].[LiH]. The molecule has 0 aromatic carbocycles. The molecule has 0 bridgehead atoms. The van der Waals surface area contributed by atoms with Gasteiger partial charge >= 0.3 is 26.7 Å². The van der Waals surface area contributed by atoms with E-state index in [1.54, 1.807) is 0 Å². The summed E-state index contributed by atoms with van der Waals surface area (Å²) >= 11 is 0. The first-order valence-electron chi connectivity index (χ1n) is 0.783. The molecule has 0 aliphatic rings. The maximum absolute atomic E-state index is 8.88. The Kier molecular flexibility index (Phi) is 24.7. The number of hydrogen-bond acceptors (Lipinski definition) is 1. The summed E-state index contributed by atoms with van der Waals surface area (Å²) in [6.45, 7) is 0. The Balaban J connectivity index is -0.0000000267. The molecule has 0 aliphatic carbocycles. The average molecular weight is 218 g/mol. The van der Waals surface area contributed by atoms with Crippen molar-refractivity contribution in [3.05, 3.63) is 0 Å². The fourth-order valence-electron chi connectivity index (χ4n) is 0. The molecule has 0 unspecified atom stereocenters. The van der Waals surface area contributed by atoms with Gasteiger partial charge in [-0.1, -0.05) is 0 Å². The summed E-state index contributed by atoms with van der Waals surface area (Å²) in [4.78, 5) is 21.6. The molecule has 0 heterocycles. The van der Waals surface area contributed by atoms with Gasteiger partial charge in [0.25, 0.3) is 0 Å². The summed E-state index contributed by atoms with van der Waals surface area (Å²) in [5.74, 6) is 0. The van der Waals surface area contributed by atoms with E-state index >= 15 is 0 Å². The zero-order valence-electron chi connectivity index (χ0n) is 2.90. The summed E-state index contributed by atoms with van der Waals surface area (Å²) in [6.07, 6.45) is 0. The summed E-state index contributed by atoms with van der Waals surface area (Å²) in [5.41, 5.74) is 0. The van der Waals surface area contributed by atoms with Crippen LogP contribution in [0.3, 0.4) is 0 Å². The van der Waals surface area contributed by atoms with Crippen LogP contribution in [0, 0.1) is 0 Å². The van der Waals surface area contributed by atoms with E-state index in [9.17, 15) is 0 Å². The van der Waals surface area contributed by atoms with Gasteiger partial charge in [-0.15, -0.1) is 0 Å². The van der Waals surface area contributed by atoms with Gasteiger partial charge < -0.3 is 14.7 Å². The van der Waals surface area contributed by atoms with Gasteiger partial charge in [-0.3, -0.25) is 0 Å². The van der Waals surface area contributed by atoms with Crippen molar-refractivity contribution in [3.8, 4) is 0 Å². The second-order valence-corrected chi connectivity index (χ2v) is 1.54. The maximum atomic E-state index is 8.88. The van der Waals surface area contributed by atoms with E-state index in [4.69, 9.17) is 19.2 Å². The van der Waals surface area contributed by atoms with Crippen LogP contribution in [0.1, 0.15) is 0 Å². The van der Waals surface area contributed by atoms with Crippen LogP contribution in [0.25, 0.3) is 0 Å². The predicted molar refractivity (Wildman–Crippen MR) is 21.4 cm³/mol. The molecule has 3 N–H and O–H groups in total. The monoisotopic (exact) mass is 218 g/mol. The van der Waals surface area contributed by atoms with Crippen LogP contribution in [0.15, 0.2) is 0 Å². The van der Waals surface area contributed by atoms with E-state index in [1.165, 1.54) is 0 Å². The first-order valence-corrected chi connectivity index (χ1v) is 2.35. The van der Waals surface area contributed by atoms with Gasteiger partial charge in [0.2, 0.25) is 0 Å². The standard InChI is InChI=1S/2Fe.Li.H3O4P.H/c;;;1-5(2,3)4;/h;;;(H3,1,2,3,4);. The minimum absolute atomic E-state index is 0. The van der Waals surface area contributed by atoms with E-state index in [-0.39, 0.29) is 53.0 Å². The van der Waals surface area contributed by atoms with Gasteiger partial charge in [0.05, 0.1) is 0 Å². The fourth-order valence-corrected chi connectivity index (χ4v) is 0. The van der Waals surface area contributed by atoms with Crippen LogP contribution in [0.4, 0.5) is 0 Å². The van der Waals surface area contributed by atoms with Crippen LogP contribution >= 0.6 is 7.82 Å². The van der Waals surface area contributed by atoms with Gasteiger partial charge in [0.1, 0.15) is 0 Å². The summed E-state index contributed by atoms with van der Waals surface area (Å²) in [7, 11) is -4.64. The topological polar surface area (TPSA) is 77.8 Å². The molecule has 0 rings (SSSR count). The minimum atomic E-state index is -4.64. The quantitative estimate of drug-likeness (QED) is 0.338. The molecule has 0 saturated heterocycles. The summed E-state index contributed by atoms with van der Waals surface area (Å²) in [5, 5.41) is 0. The molecule has 0 spiro atoms. The van der Waals surface area contributed by atoms with E-state index in [2.05, 4.69) is 0 Å². The Labute approximate surface area is 79.8 Å². The van der Waals surface area contributed by atoms with Crippen molar-refractivity contribution >= 4 is 26.7 Å². The molecule has 4 nitrogen and oxygen atoms in total. The van der Waals surface area contributed by atoms with Crippen molar-refractivity contribution in [1.29, 1.82) is 0 Å². The molecule has 0 saturated carbocycles. The number of phosphoric acid groups is 1. The van der Waals surface area contributed by atoms with Crippen molar-refractivity contribution in [2.45, 2.75) is 0 Å². The molecule has 0 aliphatic heterocycles. The third kappa shape index (κ3) is 116. The Morgan fingerprint density at radius 1 is 1.00 bits per heavy atom. The van der Waals surface area contributed by atoms with Gasteiger partial charge in [-0.2, -0.15) is 0 Å². The third-order valence-corrected chi connectivity index (χ3v) is 0. The molecule has 0 radical (unpaired) electrons. The summed E-state index contributed by atoms with van der Waals surface area (Å²) in [6, 6.07) is 0. The third-order valence-electron chi connectivity index (χ3n) is 0. The van der Waals surface area contributed by atoms with Gasteiger partial charge in [0, 0.05) is 34.1 Å². The molecule has 0 aromatic heterocycles. The summed E-state index contributed by atoms with van der Waals surface area (Å²) < 4.78 is 8.88. The van der Waals surface area contributed by atoms with E-state index in [1.807, 2.05) is 0 Å². The molecular weight excluding hydrogens is 214 g/mol. The van der Waals surface area contributed by atoms with Gasteiger partial charge in [-0.25, -0.2) is 4.57 Å². The molecule has 0 aromatic rings. The molecule has 50 valence electrons. The van der Waals surface area contributed by atoms with Gasteiger partial charge in [0.15, 0.2) is 0 Å². The van der Waals surface area contributed by atoms with Crippen molar-refractivity contribution in [2.24, 2.45) is 0 Å². The Morgan fingerprint density at radius 3 is 1.00 bits per heavy atom. The molecule has 8 heteroatoms. The second-order valence-electron chi connectivity index (χ2n) is 0.513. The molecular formula is H4Fe2LiO4P. The Hall–Kier alpha value is 1.75. The molecule has 0 fully saturated rings. The van der Waals surface area contributed by atoms with E-state index < -0.39 is 7.82 Å². The van der Waals surface area contributed by atoms with Gasteiger partial charge in [-0.05, 0) is 0 Å². The normalized spacial score (nSPS) is 7.38. The van der Waals surface area contributed by atoms with Crippen LogP contribution in [-0.4, -0.2) is 33.5 Å². The number of hydrogen-bond donors (Lipinski definition) is 3. The van der Waals surface area contributed by atoms with Crippen LogP contribution in [0.5, 0.6) is 0 Å². The first-order chi connectivity index (χ1) is 2.00. The van der Waals surface area contributed by atoms with Crippen molar-refractivity contribution in [3.63, 3.8) is 0 Å². The van der Waals surface area contributed by atoms with Crippen molar-refractivity contribution < 1.29 is 53.4 Å². The average Bonchev–Trinajstić information content (AvgIpc) is 0.722. The number of rotatable bonds is 0. The molecule has 8 heavy (non-hydrogen) atoms. The Morgan fingerprint density at radius 2 is 1.00 bits per heavy atom. The molecule has 0 atom stereocenters. The second kappa shape index (κ2) is 8.75. The fraction of sp³-hybridized carbons (Fsp3) is 0. The first kappa shape index (κ1) is 22.6. The van der Waals surface area contributed by atoms with Crippen molar-refractivity contribution in [1.82, 2.24) is 0 Å². The van der Waals surface area contributed by atoms with Crippen LogP contribution in [-0.2, 0) is 38.7 Å². The zero-order chi connectivity index (χ0) is 4.50. The van der Waals surface area contributed by atoms with Crippen molar-refractivity contribution in [2.75, 3.05) is 0 Å².